The average molecular weight is 214 g/mol. The smallest absolute Gasteiger partial charge is 0.311 e. The molecule has 0 amide bonds. The molecular formula is C10H14O5. The standard InChI is InChI=1S/C10H14O5/c1-4-5-6(12-8(4)11)7-9(13-5)15-10(2,3)14-7/h4-7,9H,1-3H3/t4?,5-,6+,7-,9-/m1/s1. The Hall–Kier alpha value is -0.650. The number of carbonyl (C=O) groups is 1. The van der Waals surface area contributed by atoms with Gasteiger partial charge in [0.15, 0.2) is 24.3 Å². The first-order chi connectivity index (χ1) is 6.98. The molecule has 0 aromatic carbocycles. The van der Waals surface area contributed by atoms with Gasteiger partial charge < -0.3 is 18.9 Å². The van der Waals surface area contributed by atoms with Crippen LogP contribution in [0.3, 0.4) is 0 Å². The lowest BCUT2D eigenvalue weighted by Crippen LogP contribution is -2.33. The van der Waals surface area contributed by atoms with Crippen LogP contribution >= 0.6 is 0 Å². The molecule has 84 valence electrons. The summed E-state index contributed by atoms with van der Waals surface area (Å²) in [5.74, 6) is -1.09. The van der Waals surface area contributed by atoms with E-state index in [1.54, 1.807) is 6.92 Å². The largest absolute Gasteiger partial charge is 0.456 e. The van der Waals surface area contributed by atoms with Crippen LogP contribution in [0, 0.1) is 5.92 Å². The minimum absolute atomic E-state index is 0.211. The molecule has 0 saturated carbocycles. The van der Waals surface area contributed by atoms with Crippen LogP contribution in [0.4, 0.5) is 0 Å². The number of hydrogen-bond donors (Lipinski definition) is 0. The summed E-state index contributed by atoms with van der Waals surface area (Å²) in [5.41, 5.74) is 0. The van der Waals surface area contributed by atoms with E-state index in [9.17, 15) is 4.79 Å². The molecule has 0 radical (unpaired) electrons. The van der Waals surface area contributed by atoms with Crippen molar-refractivity contribution in [2.75, 3.05) is 0 Å². The summed E-state index contributed by atoms with van der Waals surface area (Å²) in [6, 6.07) is 0. The van der Waals surface area contributed by atoms with Crippen LogP contribution in [0.25, 0.3) is 0 Å². The molecule has 5 heteroatoms. The lowest BCUT2D eigenvalue weighted by atomic mass is 10.0. The topological polar surface area (TPSA) is 54.0 Å². The highest BCUT2D eigenvalue weighted by Gasteiger charge is 2.61. The van der Waals surface area contributed by atoms with Crippen LogP contribution in [0.2, 0.25) is 0 Å². The van der Waals surface area contributed by atoms with Gasteiger partial charge in [-0.15, -0.1) is 0 Å². The first-order valence-corrected chi connectivity index (χ1v) is 5.19. The van der Waals surface area contributed by atoms with Crippen LogP contribution in [0.5, 0.6) is 0 Å². The summed E-state index contributed by atoms with van der Waals surface area (Å²) in [4.78, 5) is 11.3. The Morgan fingerprint density at radius 3 is 2.60 bits per heavy atom. The third-order valence-corrected chi connectivity index (χ3v) is 3.14. The Balaban J connectivity index is 1.83. The van der Waals surface area contributed by atoms with E-state index in [1.165, 1.54) is 0 Å². The van der Waals surface area contributed by atoms with Crippen LogP contribution in [0.15, 0.2) is 0 Å². The van der Waals surface area contributed by atoms with Crippen molar-refractivity contribution in [3.8, 4) is 0 Å². The molecule has 0 spiro atoms. The molecule has 15 heavy (non-hydrogen) atoms. The van der Waals surface area contributed by atoms with Gasteiger partial charge in [0, 0.05) is 0 Å². The summed E-state index contributed by atoms with van der Waals surface area (Å²) in [6.07, 6.45) is -1.20. The molecule has 0 aliphatic carbocycles. The van der Waals surface area contributed by atoms with Gasteiger partial charge in [-0.2, -0.15) is 0 Å². The van der Waals surface area contributed by atoms with Crippen molar-refractivity contribution < 1.29 is 23.7 Å². The quantitative estimate of drug-likeness (QED) is 0.547. The molecule has 3 aliphatic heterocycles. The second kappa shape index (κ2) is 2.72. The third kappa shape index (κ3) is 1.23. The summed E-state index contributed by atoms with van der Waals surface area (Å²) < 4.78 is 22.1. The van der Waals surface area contributed by atoms with E-state index in [-0.39, 0.29) is 30.2 Å². The van der Waals surface area contributed by atoms with Gasteiger partial charge in [-0.25, -0.2) is 0 Å². The van der Waals surface area contributed by atoms with Gasteiger partial charge in [0.05, 0.1) is 5.92 Å². The SMILES string of the molecule is CC1C(=O)O[C@@H]2[C@H]3OC(C)(C)O[C@H]3O[C@H]12. The number of carbonyl (C=O) groups excluding carboxylic acids is 1. The molecule has 5 nitrogen and oxygen atoms in total. The summed E-state index contributed by atoms with van der Waals surface area (Å²) in [7, 11) is 0. The van der Waals surface area contributed by atoms with E-state index in [1.807, 2.05) is 13.8 Å². The number of hydrogen-bond acceptors (Lipinski definition) is 5. The van der Waals surface area contributed by atoms with Gasteiger partial charge in [-0.3, -0.25) is 4.79 Å². The van der Waals surface area contributed by atoms with Gasteiger partial charge >= 0.3 is 5.97 Å². The summed E-state index contributed by atoms with van der Waals surface area (Å²) in [5, 5.41) is 0. The average Bonchev–Trinajstić information content (AvgIpc) is 2.66. The van der Waals surface area contributed by atoms with E-state index < -0.39 is 12.1 Å². The van der Waals surface area contributed by atoms with Crippen molar-refractivity contribution in [2.45, 2.75) is 51.2 Å². The van der Waals surface area contributed by atoms with E-state index >= 15 is 0 Å². The monoisotopic (exact) mass is 214 g/mol. The number of ether oxygens (including phenoxy) is 4. The molecular weight excluding hydrogens is 200 g/mol. The van der Waals surface area contributed by atoms with E-state index in [2.05, 4.69) is 0 Å². The maximum atomic E-state index is 11.3. The van der Waals surface area contributed by atoms with Crippen molar-refractivity contribution in [3.63, 3.8) is 0 Å². The molecule has 3 heterocycles. The summed E-state index contributed by atoms with van der Waals surface area (Å²) in [6.45, 7) is 5.45. The molecule has 0 N–H and O–H groups in total. The van der Waals surface area contributed by atoms with Crippen molar-refractivity contribution in [3.05, 3.63) is 0 Å². The highest BCUT2D eigenvalue weighted by molar-refractivity contribution is 5.75. The molecule has 3 fully saturated rings. The Labute approximate surface area is 87.6 Å². The summed E-state index contributed by atoms with van der Waals surface area (Å²) >= 11 is 0. The van der Waals surface area contributed by atoms with Gasteiger partial charge in [-0.05, 0) is 20.8 Å². The third-order valence-electron chi connectivity index (χ3n) is 3.14. The molecule has 1 unspecified atom stereocenters. The Morgan fingerprint density at radius 1 is 1.13 bits per heavy atom. The van der Waals surface area contributed by atoms with E-state index in [0.717, 1.165) is 0 Å². The zero-order valence-corrected chi connectivity index (χ0v) is 8.93. The maximum Gasteiger partial charge on any atom is 0.311 e. The Morgan fingerprint density at radius 2 is 1.87 bits per heavy atom. The number of fused-ring (bicyclic) bond motifs is 3. The van der Waals surface area contributed by atoms with Gasteiger partial charge in [0.1, 0.15) is 6.10 Å². The zero-order valence-electron chi connectivity index (χ0n) is 8.93. The van der Waals surface area contributed by atoms with Gasteiger partial charge in [0.25, 0.3) is 0 Å². The van der Waals surface area contributed by atoms with Crippen LogP contribution < -0.4 is 0 Å². The van der Waals surface area contributed by atoms with Crippen molar-refractivity contribution in [1.82, 2.24) is 0 Å². The second-order valence-corrected chi connectivity index (χ2v) is 4.76. The molecule has 3 rings (SSSR count). The van der Waals surface area contributed by atoms with Gasteiger partial charge in [0.2, 0.25) is 0 Å². The zero-order chi connectivity index (χ0) is 10.8. The van der Waals surface area contributed by atoms with Crippen LogP contribution in [-0.4, -0.2) is 36.4 Å². The first kappa shape index (κ1) is 9.57. The predicted octanol–water partition coefficient (Wildman–Crippen LogP) is 0.424. The van der Waals surface area contributed by atoms with Crippen LogP contribution in [0.1, 0.15) is 20.8 Å². The lowest BCUT2D eigenvalue weighted by molar-refractivity contribution is -0.211. The van der Waals surface area contributed by atoms with Crippen LogP contribution in [-0.2, 0) is 23.7 Å². The highest BCUT2D eigenvalue weighted by Crippen LogP contribution is 2.43. The molecule has 0 bridgehead atoms. The first-order valence-electron chi connectivity index (χ1n) is 5.19. The van der Waals surface area contributed by atoms with Gasteiger partial charge in [-0.1, -0.05) is 0 Å². The Kier molecular flexibility index (Phi) is 1.74. The minimum Gasteiger partial charge on any atom is -0.456 e. The number of esters is 1. The normalized spacial score (nSPS) is 51.4. The van der Waals surface area contributed by atoms with E-state index in [4.69, 9.17) is 18.9 Å². The maximum absolute atomic E-state index is 11.3. The highest BCUT2D eigenvalue weighted by atomic mass is 16.8. The molecule has 3 aliphatic rings. The minimum atomic E-state index is -0.654. The molecule has 0 aromatic heterocycles. The molecule has 5 atom stereocenters. The Bertz CT molecular complexity index is 313. The predicted molar refractivity (Wildman–Crippen MR) is 47.7 cm³/mol. The second-order valence-electron chi connectivity index (χ2n) is 4.76. The van der Waals surface area contributed by atoms with E-state index in [0.29, 0.717) is 0 Å². The van der Waals surface area contributed by atoms with Crippen molar-refractivity contribution in [2.24, 2.45) is 5.92 Å². The lowest BCUT2D eigenvalue weighted by Gasteiger charge is -2.21. The van der Waals surface area contributed by atoms with Crippen molar-refractivity contribution in [1.29, 1.82) is 0 Å². The number of rotatable bonds is 0. The fourth-order valence-corrected chi connectivity index (χ4v) is 2.42. The fraction of sp³-hybridized carbons (Fsp3) is 0.900. The molecule has 3 saturated heterocycles. The molecule has 0 aromatic rings. The van der Waals surface area contributed by atoms with Crippen molar-refractivity contribution >= 4 is 5.97 Å². The fourth-order valence-electron chi connectivity index (χ4n) is 2.42.